The second kappa shape index (κ2) is 7.98. The third kappa shape index (κ3) is 5.12. The summed E-state index contributed by atoms with van der Waals surface area (Å²) in [6, 6.07) is 8.16. The van der Waals surface area contributed by atoms with Crippen LogP contribution in [0.5, 0.6) is 11.5 Å². The summed E-state index contributed by atoms with van der Waals surface area (Å²) < 4.78 is 41.8. The molecule has 0 aromatic heterocycles. The van der Waals surface area contributed by atoms with Crippen LogP contribution in [0.3, 0.4) is 0 Å². The van der Waals surface area contributed by atoms with Gasteiger partial charge < -0.3 is 9.47 Å². The predicted octanol–water partition coefficient (Wildman–Crippen LogP) is 2.78. The summed E-state index contributed by atoms with van der Waals surface area (Å²) in [7, 11) is -4.64. The van der Waals surface area contributed by atoms with Crippen molar-refractivity contribution >= 4 is 27.9 Å². The highest BCUT2D eigenvalue weighted by Gasteiger charge is 2.24. The van der Waals surface area contributed by atoms with Crippen LogP contribution in [0, 0.1) is 17.0 Å². The first-order valence-electron chi connectivity index (χ1n) is 7.44. The van der Waals surface area contributed by atoms with Crippen LogP contribution in [0.2, 0.25) is 0 Å². The molecule has 142 valence electrons. The number of ether oxygens (including phenoxy) is 2. The molecule has 27 heavy (non-hydrogen) atoms. The molecule has 0 bridgehead atoms. The molecule has 0 heterocycles. The lowest BCUT2D eigenvalue weighted by Gasteiger charge is -2.10. The topological polar surface area (TPSA) is 133 Å². The van der Waals surface area contributed by atoms with Crippen LogP contribution in [0.25, 0.3) is 6.08 Å². The van der Waals surface area contributed by atoms with E-state index in [1.165, 1.54) is 6.92 Å². The maximum absolute atomic E-state index is 11.9. The van der Waals surface area contributed by atoms with Crippen LogP contribution < -0.4 is 9.47 Å². The standard InChI is InChI=1S/C17H15NO8S/c1-3-12-4-6-13(7-5-12)26-17(19)10-25-15-8-11(2)16(27(22,23)24)9-14(15)18(20)21/h3-9H,1,10H2,2H3,(H,22,23,24). The summed E-state index contributed by atoms with van der Waals surface area (Å²) in [5, 5.41) is 11.1. The molecule has 0 unspecified atom stereocenters. The predicted molar refractivity (Wildman–Crippen MR) is 95.3 cm³/mol. The van der Waals surface area contributed by atoms with Crippen LogP contribution in [0.15, 0.2) is 47.9 Å². The lowest BCUT2D eigenvalue weighted by atomic mass is 10.2. The lowest BCUT2D eigenvalue weighted by Crippen LogP contribution is -2.18. The van der Waals surface area contributed by atoms with Gasteiger partial charge in [-0.1, -0.05) is 24.8 Å². The Morgan fingerprint density at radius 1 is 1.30 bits per heavy atom. The number of nitrogens with zero attached hydrogens (tertiary/aromatic N) is 1. The number of aryl methyl sites for hydroxylation is 1. The maximum atomic E-state index is 11.9. The summed E-state index contributed by atoms with van der Waals surface area (Å²) in [5.74, 6) is -0.891. The zero-order chi connectivity index (χ0) is 20.2. The number of hydrogen-bond donors (Lipinski definition) is 1. The summed E-state index contributed by atoms with van der Waals surface area (Å²) in [4.78, 5) is 21.5. The van der Waals surface area contributed by atoms with Crippen molar-refractivity contribution in [3.8, 4) is 11.5 Å². The molecule has 0 aliphatic heterocycles. The van der Waals surface area contributed by atoms with Gasteiger partial charge in [0, 0.05) is 6.07 Å². The first-order valence-corrected chi connectivity index (χ1v) is 8.88. The highest BCUT2D eigenvalue weighted by Crippen LogP contribution is 2.32. The van der Waals surface area contributed by atoms with Gasteiger partial charge >= 0.3 is 11.7 Å². The van der Waals surface area contributed by atoms with E-state index in [0.717, 1.165) is 11.6 Å². The Kier molecular flexibility index (Phi) is 5.93. The van der Waals surface area contributed by atoms with Crippen LogP contribution in [0.1, 0.15) is 11.1 Å². The Morgan fingerprint density at radius 3 is 2.44 bits per heavy atom. The third-order valence-corrected chi connectivity index (χ3v) is 4.42. The first-order chi connectivity index (χ1) is 12.6. The average Bonchev–Trinajstić information content (AvgIpc) is 2.59. The zero-order valence-electron chi connectivity index (χ0n) is 14.1. The van der Waals surface area contributed by atoms with Gasteiger partial charge in [-0.15, -0.1) is 0 Å². The summed E-state index contributed by atoms with van der Waals surface area (Å²) in [6.07, 6.45) is 1.62. The molecule has 0 radical (unpaired) electrons. The van der Waals surface area contributed by atoms with Crippen LogP contribution in [-0.4, -0.2) is 30.5 Å². The van der Waals surface area contributed by atoms with Crippen LogP contribution in [-0.2, 0) is 14.9 Å². The van der Waals surface area contributed by atoms with Crippen molar-refractivity contribution in [2.24, 2.45) is 0 Å². The maximum Gasteiger partial charge on any atom is 0.349 e. The number of esters is 1. The molecule has 2 aromatic rings. The molecular formula is C17H15NO8S. The van der Waals surface area contributed by atoms with Gasteiger partial charge in [-0.05, 0) is 36.2 Å². The lowest BCUT2D eigenvalue weighted by molar-refractivity contribution is -0.386. The number of carbonyl (C=O) groups excluding carboxylic acids is 1. The number of nitro groups is 1. The average molecular weight is 393 g/mol. The fourth-order valence-corrected chi connectivity index (χ4v) is 2.88. The van der Waals surface area contributed by atoms with Crippen LogP contribution in [0.4, 0.5) is 5.69 Å². The Balaban J connectivity index is 2.16. The molecule has 0 saturated heterocycles. The molecule has 0 aliphatic carbocycles. The third-order valence-electron chi connectivity index (χ3n) is 3.42. The molecule has 9 nitrogen and oxygen atoms in total. The van der Waals surface area contributed by atoms with Crippen molar-refractivity contribution in [3.63, 3.8) is 0 Å². The molecular weight excluding hydrogens is 378 g/mol. The van der Waals surface area contributed by atoms with Gasteiger partial charge in [-0.3, -0.25) is 14.7 Å². The molecule has 0 fully saturated rings. The van der Waals surface area contributed by atoms with Gasteiger partial charge in [0.05, 0.1) is 4.92 Å². The minimum atomic E-state index is -4.64. The summed E-state index contributed by atoms with van der Waals surface area (Å²) in [6.45, 7) is 4.27. The molecule has 0 aliphatic rings. The molecule has 0 atom stereocenters. The molecule has 0 saturated carbocycles. The Hall–Kier alpha value is -3.24. The molecule has 0 amide bonds. The van der Waals surface area contributed by atoms with Gasteiger partial charge in [0.15, 0.2) is 12.4 Å². The van der Waals surface area contributed by atoms with Gasteiger partial charge in [0.1, 0.15) is 10.6 Å². The van der Waals surface area contributed by atoms with E-state index in [0.29, 0.717) is 6.07 Å². The minimum Gasteiger partial charge on any atom is -0.475 e. The highest BCUT2D eigenvalue weighted by molar-refractivity contribution is 7.85. The Labute approximate surface area is 154 Å². The molecule has 10 heteroatoms. The largest absolute Gasteiger partial charge is 0.475 e. The van der Waals surface area contributed by atoms with Crippen molar-refractivity contribution in [1.82, 2.24) is 0 Å². The van der Waals surface area contributed by atoms with Gasteiger partial charge in [-0.25, -0.2) is 4.79 Å². The van der Waals surface area contributed by atoms with E-state index in [1.807, 2.05) is 0 Å². The van der Waals surface area contributed by atoms with E-state index in [2.05, 4.69) is 6.58 Å². The van der Waals surface area contributed by atoms with Crippen molar-refractivity contribution in [3.05, 3.63) is 64.2 Å². The Morgan fingerprint density at radius 2 is 1.93 bits per heavy atom. The van der Waals surface area contributed by atoms with Gasteiger partial charge in [0.2, 0.25) is 0 Å². The number of benzene rings is 2. The number of carbonyl (C=O) groups is 1. The van der Waals surface area contributed by atoms with E-state index in [-0.39, 0.29) is 17.1 Å². The summed E-state index contributed by atoms with van der Waals surface area (Å²) >= 11 is 0. The first kappa shape index (κ1) is 20.1. The Bertz CT molecular complexity index is 996. The molecule has 2 rings (SSSR count). The number of nitro benzene ring substituents is 1. The van der Waals surface area contributed by atoms with E-state index in [9.17, 15) is 23.3 Å². The van der Waals surface area contributed by atoms with E-state index < -0.39 is 38.2 Å². The van der Waals surface area contributed by atoms with Crippen molar-refractivity contribution in [2.45, 2.75) is 11.8 Å². The smallest absolute Gasteiger partial charge is 0.349 e. The summed E-state index contributed by atoms with van der Waals surface area (Å²) in [5.41, 5.74) is 0.138. The van der Waals surface area contributed by atoms with E-state index in [4.69, 9.17) is 14.0 Å². The molecule has 2 aromatic carbocycles. The van der Waals surface area contributed by atoms with Crippen molar-refractivity contribution in [2.75, 3.05) is 6.61 Å². The fourth-order valence-electron chi connectivity index (χ4n) is 2.16. The quantitative estimate of drug-likeness (QED) is 0.250. The zero-order valence-corrected chi connectivity index (χ0v) is 14.9. The normalized spacial score (nSPS) is 10.9. The highest BCUT2D eigenvalue weighted by atomic mass is 32.2. The second-order valence-corrected chi connectivity index (χ2v) is 6.74. The number of hydrogen-bond acceptors (Lipinski definition) is 7. The van der Waals surface area contributed by atoms with Crippen molar-refractivity contribution < 1.29 is 32.2 Å². The van der Waals surface area contributed by atoms with Gasteiger partial charge in [0.25, 0.3) is 10.1 Å². The van der Waals surface area contributed by atoms with Gasteiger partial charge in [-0.2, -0.15) is 8.42 Å². The van der Waals surface area contributed by atoms with E-state index in [1.54, 1.807) is 30.3 Å². The van der Waals surface area contributed by atoms with Crippen LogP contribution >= 0.6 is 0 Å². The molecule has 1 N–H and O–H groups in total. The molecule has 0 spiro atoms. The fraction of sp³-hybridized carbons (Fsp3) is 0.118. The second-order valence-electron chi connectivity index (χ2n) is 5.35. The monoisotopic (exact) mass is 393 g/mol. The van der Waals surface area contributed by atoms with E-state index >= 15 is 0 Å². The number of rotatable bonds is 7. The SMILES string of the molecule is C=Cc1ccc(OC(=O)COc2cc(C)c(S(=O)(=O)O)cc2[N+](=O)[O-])cc1. The van der Waals surface area contributed by atoms with Crippen molar-refractivity contribution in [1.29, 1.82) is 0 Å². The minimum absolute atomic E-state index is 0.0199.